The van der Waals surface area contributed by atoms with Crippen molar-refractivity contribution in [1.29, 1.82) is 0 Å². The van der Waals surface area contributed by atoms with Crippen LogP contribution in [0.4, 0.5) is 16.2 Å². The van der Waals surface area contributed by atoms with Gasteiger partial charge in [-0.3, -0.25) is 0 Å². The molecule has 0 bridgehead atoms. The quantitative estimate of drug-likeness (QED) is 0.484. The number of carbonyl (C=O) groups is 1. The summed E-state index contributed by atoms with van der Waals surface area (Å²) in [6.07, 6.45) is 0. The number of amides is 2. The number of aromatic hydroxyl groups is 2. The summed E-state index contributed by atoms with van der Waals surface area (Å²) in [4.78, 5) is 11.6. The number of para-hydroxylation sites is 2. The molecule has 0 atom stereocenters. The van der Waals surface area contributed by atoms with E-state index in [1.165, 1.54) is 18.2 Å². The molecular formula is C13H12N2O3. The van der Waals surface area contributed by atoms with Gasteiger partial charge in [0.05, 0.1) is 5.69 Å². The van der Waals surface area contributed by atoms with Gasteiger partial charge in [-0.15, -0.1) is 0 Å². The lowest BCUT2D eigenvalue weighted by molar-refractivity contribution is 0.262. The minimum Gasteiger partial charge on any atom is -0.508 e. The van der Waals surface area contributed by atoms with E-state index in [1.807, 2.05) is 0 Å². The topological polar surface area (TPSA) is 81.6 Å². The summed E-state index contributed by atoms with van der Waals surface area (Å²) >= 11 is 0. The van der Waals surface area contributed by atoms with Gasteiger partial charge in [0, 0.05) is 5.69 Å². The maximum Gasteiger partial charge on any atom is 0.323 e. The molecule has 0 heterocycles. The van der Waals surface area contributed by atoms with Gasteiger partial charge in [-0.1, -0.05) is 12.1 Å². The molecule has 0 spiro atoms. The maximum absolute atomic E-state index is 11.6. The predicted molar refractivity (Wildman–Crippen MR) is 68.9 cm³/mol. The Morgan fingerprint density at radius 1 is 0.889 bits per heavy atom. The van der Waals surface area contributed by atoms with E-state index in [9.17, 15) is 9.90 Å². The van der Waals surface area contributed by atoms with Crippen LogP contribution < -0.4 is 10.6 Å². The molecule has 18 heavy (non-hydrogen) atoms. The van der Waals surface area contributed by atoms with E-state index >= 15 is 0 Å². The lowest BCUT2D eigenvalue weighted by atomic mass is 10.3. The Bertz CT molecular complexity index is 552. The fourth-order valence-electron chi connectivity index (χ4n) is 1.41. The highest BCUT2D eigenvalue weighted by Gasteiger charge is 2.05. The van der Waals surface area contributed by atoms with E-state index < -0.39 is 6.03 Å². The molecule has 2 aromatic rings. The molecule has 0 radical (unpaired) electrons. The summed E-state index contributed by atoms with van der Waals surface area (Å²) in [5, 5.41) is 23.7. The van der Waals surface area contributed by atoms with Gasteiger partial charge in [0.1, 0.15) is 11.5 Å². The summed E-state index contributed by atoms with van der Waals surface area (Å²) in [6, 6.07) is 12.0. The molecule has 2 rings (SSSR count). The van der Waals surface area contributed by atoms with Crippen molar-refractivity contribution in [3.8, 4) is 11.5 Å². The van der Waals surface area contributed by atoms with Crippen LogP contribution in [0.1, 0.15) is 0 Å². The number of carbonyl (C=O) groups excluding carboxylic acids is 1. The molecule has 5 nitrogen and oxygen atoms in total. The van der Waals surface area contributed by atoms with E-state index in [0.29, 0.717) is 11.4 Å². The number of benzene rings is 2. The van der Waals surface area contributed by atoms with Crippen LogP contribution in [-0.2, 0) is 0 Å². The van der Waals surface area contributed by atoms with Crippen molar-refractivity contribution in [3.05, 3.63) is 48.5 Å². The molecule has 0 aliphatic heterocycles. The highest BCUT2D eigenvalue weighted by Crippen LogP contribution is 2.21. The van der Waals surface area contributed by atoms with Gasteiger partial charge in [0.15, 0.2) is 0 Å². The fraction of sp³-hybridized carbons (Fsp3) is 0. The Hall–Kier alpha value is -2.69. The van der Waals surface area contributed by atoms with Crippen molar-refractivity contribution in [2.24, 2.45) is 0 Å². The van der Waals surface area contributed by atoms with E-state index in [-0.39, 0.29) is 11.5 Å². The number of nitrogens with one attached hydrogen (secondary N) is 2. The number of urea groups is 1. The summed E-state index contributed by atoms with van der Waals surface area (Å²) in [5.74, 6) is 0.125. The third-order valence-corrected chi connectivity index (χ3v) is 2.28. The molecule has 0 saturated carbocycles. The van der Waals surface area contributed by atoms with Crippen LogP contribution in [0.2, 0.25) is 0 Å². The standard InChI is InChI=1S/C13H12N2O3/c16-10-7-5-9(6-8-10)14-13(18)15-11-3-1-2-4-12(11)17/h1-8,16-17H,(H2,14,15,18). The molecule has 2 amide bonds. The van der Waals surface area contributed by atoms with Gasteiger partial charge in [-0.2, -0.15) is 0 Å². The summed E-state index contributed by atoms with van der Waals surface area (Å²) in [5.41, 5.74) is 0.870. The molecule has 4 N–H and O–H groups in total. The van der Waals surface area contributed by atoms with Crippen LogP contribution >= 0.6 is 0 Å². The molecule has 0 aliphatic carbocycles. The second-order valence-corrected chi connectivity index (χ2v) is 3.64. The molecule has 2 aromatic carbocycles. The highest BCUT2D eigenvalue weighted by atomic mass is 16.3. The van der Waals surface area contributed by atoms with Crippen molar-refractivity contribution in [3.63, 3.8) is 0 Å². The van der Waals surface area contributed by atoms with Crippen molar-refractivity contribution in [1.82, 2.24) is 0 Å². The van der Waals surface area contributed by atoms with Gasteiger partial charge in [0.2, 0.25) is 0 Å². The number of rotatable bonds is 2. The summed E-state index contributed by atoms with van der Waals surface area (Å²) < 4.78 is 0. The number of anilines is 2. The Morgan fingerprint density at radius 3 is 2.22 bits per heavy atom. The molecule has 0 fully saturated rings. The van der Waals surface area contributed by atoms with Crippen LogP contribution in [0, 0.1) is 0 Å². The minimum absolute atomic E-state index is 0.00152. The summed E-state index contributed by atoms with van der Waals surface area (Å²) in [7, 11) is 0. The maximum atomic E-state index is 11.6. The normalized spacial score (nSPS) is 9.78. The predicted octanol–water partition coefficient (Wildman–Crippen LogP) is 2.74. The number of hydrogen-bond acceptors (Lipinski definition) is 3. The molecular weight excluding hydrogens is 232 g/mol. The van der Waals surface area contributed by atoms with Crippen LogP contribution in [0.3, 0.4) is 0 Å². The van der Waals surface area contributed by atoms with Gasteiger partial charge in [-0.25, -0.2) is 4.79 Å². The monoisotopic (exact) mass is 244 g/mol. The Labute approximate surface area is 104 Å². The zero-order valence-corrected chi connectivity index (χ0v) is 9.42. The first-order valence-corrected chi connectivity index (χ1v) is 5.30. The first-order chi connectivity index (χ1) is 8.65. The third-order valence-electron chi connectivity index (χ3n) is 2.28. The molecule has 92 valence electrons. The van der Waals surface area contributed by atoms with Gasteiger partial charge >= 0.3 is 6.03 Å². The van der Waals surface area contributed by atoms with E-state index in [2.05, 4.69) is 10.6 Å². The first-order valence-electron chi connectivity index (χ1n) is 5.30. The number of phenols is 2. The van der Waals surface area contributed by atoms with Crippen molar-refractivity contribution >= 4 is 17.4 Å². The van der Waals surface area contributed by atoms with Crippen LogP contribution in [0.15, 0.2) is 48.5 Å². The number of hydrogen-bond donors (Lipinski definition) is 4. The Morgan fingerprint density at radius 2 is 1.56 bits per heavy atom. The third kappa shape index (κ3) is 2.91. The van der Waals surface area contributed by atoms with Crippen molar-refractivity contribution < 1.29 is 15.0 Å². The molecule has 0 aromatic heterocycles. The summed E-state index contributed by atoms with van der Waals surface area (Å²) in [6.45, 7) is 0. The van der Waals surface area contributed by atoms with E-state index in [4.69, 9.17) is 5.11 Å². The van der Waals surface area contributed by atoms with Crippen LogP contribution in [-0.4, -0.2) is 16.2 Å². The van der Waals surface area contributed by atoms with E-state index in [0.717, 1.165) is 0 Å². The highest BCUT2D eigenvalue weighted by molar-refractivity contribution is 6.00. The zero-order chi connectivity index (χ0) is 13.0. The van der Waals surface area contributed by atoms with Crippen LogP contribution in [0.25, 0.3) is 0 Å². The minimum atomic E-state index is -0.470. The Balaban J connectivity index is 2.01. The van der Waals surface area contributed by atoms with Gasteiger partial charge < -0.3 is 20.8 Å². The molecule has 0 saturated heterocycles. The first kappa shape index (κ1) is 11.8. The van der Waals surface area contributed by atoms with Gasteiger partial charge in [-0.05, 0) is 36.4 Å². The molecule has 0 unspecified atom stereocenters. The number of phenolic OH excluding ortho intramolecular Hbond substituents is 2. The lowest BCUT2D eigenvalue weighted by Crippen LogP contribution is -2.19. The smallest absolute Gasteiger partial charge is 0.323 e. The second kappa shape index (κ2) is 5.09. The molecule has 5 heteroatoms. The largest absolute Gasteiger partial charge is 0.508 e. The van der Waals surface area contributed by atoms with Crippen molar-refractivity contribution in [2.45, 2.75) is 0 Å². The van der Waals surface area contributed by atoms with E-state index in [1.54, 1.807) is 30.3 Å². The average Bonchev–Trinajstić information content (AvgIpc) is 2.35. The SMILES string of the molecule is O=C(Nc1ccc(O)cc1)Nc1ccccc1O. The Kier molecular flexibility index (Phi) is 3.33. The zero-order valence-electron chi connectivity index (χ0n) is 9.42. The van der Waals surface area contributed by atoms with Crippen molar-refractivity contribution in [2.75, 3.05) is 10.6 Å². The second-order valence-electron chi connectivity index (χ2n) is 3.64. The average molecular weight is 244 g/mol. The molecule has 0 aliphatic rings. The van der Waals surface area contributed by atoms with Crippen LogP contribution in [0.5, 0.6) is 11.5 Å². The van der Waals surface area contributed by atoms with Gasteiger partial charge in [0.25, 0.3) is 0 Å². The fourth-order valence-corrected chi connectivity index (χ4v) is 1.41. The lowest BCUT2D eigenvalue weighted by Gasteiger charge is -2.08.